The van der Waals surface area contributed by atoms with Gasteiger partial charge in [0.05, 0.1) is 0 Å². The van der Waals surface area contributed by atoms with Gasteiger partial charge in [-0.1, -0.05) is 6.92 Å². The summed E-state index contributed by atoms with van der Waals surface area (Å²) < 4.78 is 3.30. The molecule has 0 radical (unpaired) electrons. The summed E-state index contributed by atoms with van der Waals surface area (Å²) in [5.74, 6) is 0.795. The predicted molar refractivity (Wildman–Crippen MR) is 104 cm³/mol. The minimum Gasteiger partial charge on any atom is -0.336 e. The minimum absolute atomic E-state index is 0.00976. The fourth-order valence-corrected chi connectivity index (χ4v) is 5.07. The van der Waals surface area contributed by atoms with Crippen LogP contribution in [-0.2, 0) is 17.8 Å². The smallest absolute Gasteiger partial charge is 0.291 e. The number of hydrogen-bond acceptors (Lipinski definition) is 4. The molecule has 1 aliphatic rings. The first-order chi connectivity index (χ1) is 12.5. The van der Waals surface area contributed by atoms with Crippen molar-refractivity contribution in [1.82, 2.24) is 19.1 Å². The summed E-state index contributed by atoms with van der Waals surface area (Å²) in [6.45, 7) is 6.21. The Morgan fingerprint density at radius 3 is 2.73 bits per heavy atom. The van der Waals surface area contributed by atoms with Gasteiger partial charge in [-0.05, 0) is 50.6 Å². The second-order valence-electron chi connectivity index (χ2n) is 7.21. The van der Waals surface area contributed by atoms with Gasteiger partial charge in [-0.25, -0.2) is 4.68 Å². The average molecular weight is 372 g/mol. The third kappa shape index (κ3) is 2.65. The van der Waals surface area contributed by atoms with E-state index in [1.165, 1.54) is 4.68 Å². The Bertz CT molecular complexity index is 1020. The zero-order chi connectivity index (χ0) is 18.4. The summed E-state index contributed by atoms with van der Waals surface area (Å²) in [6.07, 6.45) is 3.89. The molecule has 0 aliphatic carbocycles. The highest BCUT2D eigenvalue weighted by Crippen LogP contribution is 2.25. The van der Waals surface area contributed by atoms with Crippen molar-refractivity contribution < 1.29 is 4.79 Å². The monoisotopic (exact) mass is 372 g/mol. The lowest BCUT2D eigenvalue weighted by molar-refractivity contribution is -0.138. The van der Waals surface area contributed by atoms with Gasteiger partial charge in [-0.15, -0.1) is 11.3 Å². The van der Waals surface area contributed by atoms with Gasteiger partial charge in [0, 0.05) is 23.9 Å². The largest absolute Gasteiger partial charge is 0.336 e. The lowest BCUT2D eigenvalue weighted by Gasteiger charge is -2.39. The summed E-state index contributed by atoms with van der Waals surface area (Å²) in [7, 11) is 0. The Balaban J connectivity index is 1.76. The third-order valence-corrected chi connectivity index (χ3v) is 6.35. The molecule has 1 saturated heterocycles. The Labute approximate surface area is 156 Å². The highest BCUT2D eigenvalue weighted by Gasteiger charge is 2.29. The van der Waals surface area contributed by atoms with E-state index in [1.54, 1.807) is 11.3 Å². The highest BCUT2D eigenvalue weighted by molar-refractivity contribution is 7.16. The Kier molecular flexibility index (Phi) is 4.34. The summed E-state index contributed by atoms with van der Waals surface area (Å²) in [4.78, 5) is 28.9. The van der Waals surface area contributed by atoms with Crippen LogP contribution >= 0.6 is 11.3 Å². The molecule has 0 bridgehead atoms. The lowest BCUT2D eigenvalue weighted by atomic mass is 9.97. The number of likely N-dealkylation sites (tertiary alicyclic amines) is 1. The maximum Gasteiger partial charge on any atom is 0.291 e. The number of thiophene rings is 1. The number of fused-ring (bicyclic) bond motifs is 3. The van der Waals surface area contributed by atoms with Gasteiger partial charge in [-0.3, -0.25) is 14.0 Å². The Morgan fingerprint density at radius 1 is 1.31 bits per heavy atom. The van der Waals surface area contributed by atoms with Gasteiger partial charge >= 0.3 is 0 Å². The van der Waals surface area contributed by atoms with Crippen LogP contribution in [0.15, 0.2) is 22.3 Å². The third-order valence-electron chi connectivity index (χ3n) is 5.44. The van der Waals surface area contributed by atoms with Crippen LogP contribution in [0.25, 0.3) is 15.7 Å². The van der Waals surface area contributed by atoms with Crippen LogP contribution in [-0.4, -0.2) is 37.1 Å². The molecule has 0 N–H and O–H groups in total. The van der Waals surface area contributed by atoms with Crippen LogP contribution in [0.1, 0.15) is 45.9 Å². The number of rotatable bonds is 3. The zero-order valence-electron chi connectivity index (χ0n) is 15.4. The molecule has 6 nitrogen and oxygen atoms in total. The number of aryl methyl sites for hydroxylation is 1. The van der Waals surface area contributed by atoms with E-state index in [-0.39, 0.29) is 30.1 Å². The van der Waals surface area contributed by atoms with E-state index in [9.17, 15) is 9.59 Å². The van der Waals surface area contributed by atoms with Gasteiger partial charge < -0.3 is 4.90 Å². The number of carbonyl (C=O) groups excluding carboxylic acids is 1. The van der Waals surface area contributed by atoms with E-state index in [0.29, 0.717) is 11.9 Å². The van der Waals surface area contributed by atoms with Gasteiger partial charge in [-0.2, -0.15) is 5.10 Å². The van der Waals surface area contributed by atoms with Crippen LogP contribution in [0.4, 0.5) is 0 Å². The molecule has 2 atom stereocenters. The lowest BCUT2D eigenvalue weighted by Crippen LogP contribution is -2.49. The topological polar surface area (TPSA) is 59.6 Å². The van der Waals surface area contributed by atoms with Crippen molar-refractivity contribution in [3.63, 3.8) is 0 Å². The second-order valence-corrected chi connectivity index (χ2v) is 8.10. The van der Waals surface area contributed by atoms with E-state index >= 15 is 0 Å². The molecule has 4 heterocycles. The molecule has 0 saturated carbocycles. The van der Waals surface area contributed by atoms with E-state index in [4.69, 9.17) is 0 Å². The van der Waals surface area contributed by atoms with E-state index in [1.807, 2.05) is 33.7 Å². The molecular weight excluding hydrogens is 348 g/mol. The minimum atomic E-state index is -0.198. The maximum atomic E-state index is 13.0. The molecule has 3 aromatic heterocycles. The number of piperidine rings is 1. The molecule has 138 valence electrons. The number of aromatic nitrogens is 3. The Morgan fingerprint density at radius 2 is 2.04 bits per heavy atom. The summed E-state index contributed by atoms with van der Waals surface area (Å²) in [6, 6.07) is 4.35. The molecule has 7 heteroatoms. The number of hydrogen-bond donors (Lipinski definition) is 0. The fraction of sp³-hybridized carbons (Fsp3) is 0.526. The zero-order valence-corrected chi connectivity index (χ0v) is 16.3. The second kappa shape index (κ2) is 6.54. The molecule has 4 rings (SSSR count). The van der Waals surface area contributed by atoms with Gasteiger partial charge in [0.2, 0.25) is 5.91 Å². The van der Waals surface area contributed by atoms with Crippen LogP contribution in [0.5, 0.6) is 0 Å². The SMILES string of the molecule is CCc1nn(CC(=O)N2[C@H](C)CCC[C@@H]2C)c(=O)c2cc3ccsc3n12. The van der Waals surface area contributed by atoms with Crippen molar-refractivity contribution >= 4 is 33.0 Å². The van der Waals surface area contributed by atoms with E-state index in [2.05, 4.69) is 18.9 Å². The number of nitrogens with zero attached hydrogens (tertiary/aromatic N) is 4. The normalized spacial score (nSPS) is 21.0. The maximum absolute atomic E-state index is 13.0. The molecule has 0 spiro atoms. The van der Waals surface area contributed by atoms with Crippen molar-refractivity contribution in [2.24, 2.45) is 0 Å². The van der Waals surface area contributed by atoms with Crippen molar-refractivity contribution in [2.45, 2.75) is 65.1 Å². The van der Waals surface area contributed by atoms with Gasteiger partial charge in [0.1, 0.15) is 22.7 Å². The molecule has 3 aromatic rings. The van der Waals surface area contributed by atoms with Crippen LogP contribution in [0.3, 0.4) is 0 Å². The summed E-state index contributed by atoms with van der Waals surface area (Å²) >= 11 is 1.60. The van der Waals surface area contributed by atoms with Gasteiger partial charge in [0.25, 0.3) is 5.56 Å². The van der Waals surface area contributed by atoms with E-state index < -0.39 is 0 Å². The average Bonchev–Trinajstić information content (AvgIpc) is 3.18. The molecule has 1 fully saturated rings. The number of carbonyl (C=O) groups is 1. The highest BCUT2D eigenvalue weighted by atomic mass is 32.1. The van der Waals surface area contributed by atoms with Crippen molar-refractivity contribution in [3.05, 3.63) is 33.7 Å². The molecule has 26 heavy (non-hydrogen) atoms. The first-order valence-corrected chi connectivity index (χ1v) is 10.2. The van der Waals surface area contributed by atoms with Crippen molar-refractivity contribution in [3.8, 4) is 0 Å². The molecule has 1 aliphatic heterocycles. The van der Waals surface area contributed by atoms with Crippen molar-refractivity contribution in [2.75, 3.05) is 0 Å². The predicted octanol–water partition coefficient (Wildman–Crippen LogP) is 3.06. The standard InChI is InChI=1S/C19H24N4O2S/c1-4-16-20-21(11-17(24)22-12(2)6-5-7-13(22)3)18(25)15-10-14-8-9-26-19(14)23(15)16/h8-10,12-13H,4-7,11H2,1-3H3/t12-,13+. The first-order valence-electron chi connectivity index (χ1n) is 9.31. The van der Waals surface area contributed by atoms with Crippen molar-refractivity contribution in [1.29, 1.82) is 0 Å². The molecule has 0 aromatic carbocycles. The summed E-state index contributed by atoms with van der Waals surface area (Å²) in [5.41, 5.74) is 0.405. The molecule has 0 unspecified atom stereocenters. The summed E-state index contributed by atoms with van der Waals surface area (Å²) in [5, 5.41) is 7.60. The fourth-order valence-electron chi connectivity index (χ4n) is 4.16. The molecule has 1 amide bonds. The Hall–Kier alpha value is -2.15. The first kappa shape index (κ1) is 17.3. The quantitative estimate of drug-likeness (QED) is 0.710. The number of amides is 1. The van der Waals surface area contributed by atoms with Crippen LogP contribution < -0.4 is 5.56 Å². The van der Waals surface area contributed by atoms with Crippen LogP contribution in [0, 0.1) is 0 Å². The molecular formula is C19H24N4O2S. The van der Waals surface area contributed by atoms with E-state index in [0.717, 1.165) is 35.3 Å². The van der Waals surface area contributed by atoms with Crippen LogP contribution in [0.2, 0.25) is 0 Å². The van der Waals surface area contributed by atoms with Gasteiger partial charge in [0.15, 0.2) is 0 Å².